The third kappa shape index (κ3) is 4.60. The first-order valence-corrected chi connectivity index (χ1v) is 8.79. The average Bonchev–Trinajstić information content (AvgIpc) is 2.62. The van der Waals surface area contributed by atoms with E-state index in [-0.39, 0.29) is 0 Å². The molecule has 0 spiro atoms. The van der Waals surface area contributed by atoms with Crippen molar-refractivity contribution in [3.05, 3.63) is 65.7 Å². The molecule has 0 saturated carbocycles. The number of nitrogens with one attached hydrogen (secondary N) is 1. The van der Waals surface area contributed by atoms with E-state index in [9.17, 15) is 0 Å². The summed E-state index contributed by atoms with van der Waals surface area (Å²) in [5.41, 5.74) is 2.58. The van der Waals surface area contributed by atoms with Gasteiger partial charge in [-0.15, -0.1) is 0 Å². The van der Waals surface area contributed by atoms with Gasteiger partial charge in [0.25, 0.3) is 0 Å². The summed E-state index contributed by atoms with van der Waals surface area (Å²) < 4.78 is 5.79. The highest BCUT2D eigenvalue weighted by Crippen LogP contribution is 2.18. The standard InChI is InChI=1S/C21H26N2O/c1-17-11-13-23(14-12-17)21(22)16-24-20-9-7-19(8-10-20)15-18-5-3-2-4-6-18/h2-10,17,22H,11-16H2,1H3. The molecular weight excluding hydrogens is 296 g/mol. The van der Waals surface area contributed by atoms with Gasteiger partial charge in [0, 0.05) is 13.1 Å². The summed E-state index contributed by atoms with van der Waals surface area (Å²) in [7, 11) is 0. The topological polar surface area (TPSA) is 36.3 Å². The van der Waals surface area contributed by atoms with Crippen LogP contribution < -0.4 is 4.74 Å². The fourth-order valence-corrected chi connectivity index (χ4v) is 3.06. The van der Waals surface area contributed by atoms with Gasteiger partial charge in [0.15, 0.2) is 0 Å². The van der Waals surface area contributed by atoms with Crippen molar-refractivity contribution in [2.45, 2.75) is 26.2 Å². The maximum atomic E-state index is 8.19. The Balaban J connectivity index is 1.48. The number of piperidine rings is 1. The van der Waals surface area contributed by atoms with Crippen molar-refractivity contribution in [1.29, 1.82) is 5.41 Å². The zero-order valence-electron chi connectivity index (χ0n) is 14.4. The summed E-state index contributed by atoms with van der Waals surface area (Å²) in [4.78, 5) is 2.14. The van der Waals surface area contributed by atoms with Gasteiger partial charge in [0.05, 0.1) is 0 Å². The lowest BCUT2D eigenvalue weighted by Crippen LogP contribution is -2.40. The highest BCUT2D eigenvalue weighted by atomic mass is 16.5. The van der Waals surface area contributed by atoms with Crippen LogP contribution in [0.2, 0.25) is 0 Å². The van der Waals surface area contributed by atoms with E-state index in [1.807, 2.05) is 18.2 Å². The molecule has 0 aliphatic carbocycles. The maximum Gasteiger partial charge on any atom is 0.145 e. The number of ether oxygens (including phenoxy) is 1. The summed E-state index contributed by atoms with van der Waals surface area (Å²) in [6.07, 6.45) is 3.29. The first kappa shape index (κ1) is 16.6. The summed E-state index contributed by atoms with van der Waals surface area (Å²) in [5, 5.41) is 8.19. The summed E-state index contributed by atoms with van der Waals surface area (Å²) >= 11 is 0. The molecular formula is C21H26N2O. The van der Waals surface area contributed by atoms with E-state index in [0.717, 1.165) is 31.2 Å². The minimum atomic E-state index is 0.354. The van der Waals surface area contributed by atoms with Crippen LogP contribution in [0.4, 0.5) is 0 Å². The lowest BCUT2D eigenvalue weighted by atomic mass is 9.99. The number of likely N-dealkylation sites (tertiary alicyclic amines) is 1. The minimum Gasteiger partial charge on any atom is -0.486 e. The van der Waals surface area contributed by atoms with Crippen LogP contribution in [-0.4, -0.2) is 30.4 Å². The normalized spacial score (nSPS) is 15.3. The Labute approximate surface area is 144 Å². The molecule has 0 aromatic heterocycles. The molecule has 0 atom stereocenters. The number of nitrogens with zero attached hydrogens (tertiary/aromatic N) is 1. The monoisotopic (exact) mass is 322 g/mol. The zero-order chi connectivity index (χ0) is 16.8. The second-order valence-corrected chi connectivity index (χ2v) is 6.71. The Morgan fingerprint density at radius 3 is 2.29 bits per heavy atom. The van der Waals surface area contributed by atoms with Crippen LogP contribution in [0, 0.1) is 11.3 Å². The van der Waals surface area contributed by atoms with Crippen molar-refractivity contribution in [2.24, 2.45) is 5.92 Å². The van der Waals surface area contributed by atoms with E-state index >= 15 is 0 Å². The van der Waals surface area contributed by atoms with Gasteiger partial charge in [0.1, 0.15) is 18.2 Å². The smallest absolute Gasteiger partial charge is 0.145 e. The van der Waals surface area contributed by atoms with Gasteiger partial charge in [-0.2, -0.15) is 0 Å². The number of benzene rings is 2. The lowest BCUT2D eigenvalue weighted by molar-refractivity contribution is 0.260. The molecule has 3 nitrogen and oxygen atoms in total. The highest BCUT2D eigenvalue weighted by Gasteiger charge is 2.18. The second-order valence-electron chi connectivity index (χ2n) is 6.71. The summed E-state index contributed by atoms with van der Waals surface area (Å²) in [6, 6.07) is 18.7. The third-order valence-corrected chi connectivity index (χ3v) is 4.72. The molecule has 1 saturated heterocycles. The predicted molar refractivity (Wildman–Crippen MR) is 98.9 cm³/mol. The summed E-state index contributed by atoms with van der Waals surface area (Å²) in [5.74, 6) is 2.21. The van der Waals surface area contributed by atoms with Crippen LogP contribution in [0.15, 0.2) is 54.6 Å². The zero-order valence-corrected chi connectivity index (χ0v) is 14.4. The molecule has 24 heavy (non-hydrogen) atoms. The van der Waals surface area contributed by atoms with Crippen molar-refractivity contribution < 1.29 is 4.74 Å². The van der Waals surface area contributed by atoms with Gasteiger partial charge in [0.2, 0.25) is 0 Å². The quantitative estimate of drug-likeness (QED) is 0.655. The largest absolute Gasteiger partial charge is 0.486 e. The Morgan fingerprint density at radius 1 is 1.00 bits per heavy atom. The van der Waals surface area contributed by atoms with E-state index in [2.05, 4.69) is 48.2 Å². The maximum absolute atomic E-state index is 8.19. The molecule has 1 fully saturated rings. The van der Waals surface area contributed by atoms with Gasteiger partial charge in [-0.25, -0.2) is 0 Å². The number of hydrogen-bond acceptors (Lipinski definition) is 2. The van der Waals surface area contributed by atoms with Crippen molar-refractivity contribution in [2.75, 3.05) is 19.7 Å². The van der Waals surface area contributed by atoms with Crippen LogP contribution in [-0.2, 0) is 6.42 Å². The molecule has 1 heterocycles. The van der Waals surface area contributed by atoms with E-state index in [1.165, 1.54) is 24.0 Å². The van der Waals surface area contributed by atoms with Gasteiger partial charge in [-0.1, -0.05) is 49.4 Å². The first-order valence-electron chi connectivity index (χ1n) is 8.79. The second kappa shape index (κ2) is 8.00. The molecule has 2 aromatic rings. The number of amidine groups is 1. The Morgan fingerprint density at radius 2 is 1.62 bits per heavy atom. The fourth-order valence-electron chi connectivity index (χ4n) is 3.06. The number of rotatable bonds is 5. The summed E-state index contributed by atoms with van der Waals surface area (Å²) in [6.45, 7) is 4.61. The molecule has 1 aliphatic heterocycles. The Kier molecular flexibility index (Phi) is 5.52. The van der Waals surface area contributed by atoms with Crippen LogP contribution in [0.5, 0.6) is 5.75 Å². The molecule has 0 amide bonds. The minimum absolute atomic E-state index is 0.354. The van der Waals surface area contributed by atoms with Crippen LogP contribution >= 0.6 is 0 Å². The highest BCUT2D eigenvalue weighted by molar-refractivity contribution is 5.80. The fraction of sp³-hybridized carbons (Fsp3) is 0.381. The molecule has 1 aliphatic rings. The van der Waals surface area contributed by atoms with Crippen LogP contribution in [0.25, 0.3) is 0 Å². The van der Waals surface area contributed by atoms with Crippen molar-refractivity contribution >= 4 is 5.84 Å². The van der Waals surface area contributed by atoms with Gasteiger partial charge in [-0.3, -0.25) is 5.41 Å². The molecule has 2 aromatic carbocycles. The Bertz CT molecular complexity index is 643. The van der Waals surface area contributed by atoms with Crippen LogP contribution in [0.3, 0.4) is 0 Å². The Hall–Kier alpha value is -2.29. The molecule has 3 rings (SSSR count). The van der Waals surface area contributed by atoms with Gasteiger partial charge >= 0.3 is 0 Å². The molecule has 0 bridgehead atoms. The molecule has 0 radical (unpaired) electrons. The van der Waals surface area contributed by atoms with Crippen molar-refractivity contribution in [3.63, 3.8) is 0 Å². The van der Waals surface area contributed by atoms with Gasteiger partial charge in [-0.05, 0) is 48.4 Å². The molecule has 126 valence electrons. The van der Waals surface area contributed by atoms with Crippen molar-refractivity contribution in [1.82, 2.24) is 4.90 Å². The van der Waals surface area contributed by atoms with E-state index in [1.54, 1.807) is 0 Å². The van der Waals surface area contributed by atoms with Gasteiger partial charge < -0.3 is 9.64 Å². The molecule has 1 N–H and O–H groups in total. The van der Waals surface area contributed by atoms with E-state index in [4.69, 9.17) is 10.1 Å². The van der Waals surface area contributed by atoms with E-state index in [0.29, 0.717) is 12.4 Å². The SMILES string of the molecule is CC1CCN(C(=N)COc2ccc(Cc3ccccc3)cc2)CC1. The lowest BCUT2D eigenvalue weighted by Gasteiger charge is -2.32. The van der Waals surface area contributed by atoms with Crippen molar-refractivity contribution in [3.8, 4) is 5.75 Å². The number of hydrogen-bond donors (Lipinski definition) is 1. The van der Waals surface area contributed by atoms with E-state index < -0.39 is 0 Å². The third-order valence-electron chi connectivity index (χ3n) is 4.72. The molecule has 0 unspecified atom stereocenters. The first-order chi connectivity index (χ1) is 11.7. The predicted octanol–water partition coefficient (Wildman–Crippen LogP) is 4.37. The average molecular weight is 322 g/mol. The van der Waals surface area contributed by atoms with Crippen LogP contribution in [0.1, 0.15) is 30.9 Å². The molecule has 3 heteroatoms.